The number of benzene rings is 2. The second-order valence-electron chi connectivity index (χ2n) is 6.25. The maximum atomic E-state index is 12.7. The number of rotatable bonds is 6. The molecule has 0 N–H and O–H groups in total. The van der Waals surface area contributed by atoms with E-state index in [-0.39, 0.29) is 28.7 Å². The summed E-state index contributed by atoms with van der Waals surface area (Å²) in [6.45, 7) is 1.11. The van der Waals surface area contributed by atoms with Gasteiger partial charge in [-0.3, -0.25) is 4.79 Å². The van der Waals surface area contributed by atoms with E-state index in [4.69, 9.17) is 4.74 Å². The number of ketones is 1. The predicted molar refractivity (Wildman–Crippen MR) is 99.2 cm³/mol. The van der Waals surface area contributed by atoms with Crippen molar-refractivity contribution < 1.29 is 26.4 Å². The minimum absolute atomic E-state index is 0.0181. The maximum Gasteiger partial charge on any atom is 0.243 e. The van der Waals surface area contributed by atoms with Crippen LogP contribution < -0.4 is 4.74 Å². The molecular weight excluding hydrogens is 390 g/mol. The first-order chi connectivity index (χ1) is 12.7. The summed E-state index contributed by atoms with van der Waals surface area (Å²) < 4.78 is 56.8. The molecule has 1 aliphatic heterocycles. The van der Waals surface area contributed by atoms with Crippen molar-refractivity contribution in [2.75, 3.05) is 20.2 Å². The summed E-state index contributed by atoms with van der Waals surface area (Å²) in [5.41, 5.74) is 0.291. The lowest BCUT2D eigenvalue weighted by molar-refractivity contribution is 0.101. The van der Waals surface area contributed by atoms with Crippen LogP contribution in [0.5, 0.6) is 5.75 Å². The number of carbonyl (C=O) groups is 1. The molecule has 1 aliphatic rings. The van der Waals surface area contributed by atoms with Gasteiger partial charge in [-0.1, -0.05) is 12.1 Å². The zero-order chi connectivity index (χ0) is 19.8. The van der Waals surface area contributed by atoms with Crippen molar-refractivity contribution in [1.29, 1.82) is 0 Å². The summed E-state index contributed by atoms with van der Waals surface area (Å²) in [5.74, 6) is 0.299. The molecule has 0 aliphatic carbocycles. The second-order valence-corrected chi connectivity index (χ2v) is 10.4. The Balaban J connectivity index is 1.77. The molecule has 3 rings (SSSR count). The second kappa shape index (κ2) is 7.06. The molecule has 9 heteroatoms. The van der Waals surface area contributed by atoms with E-state index in [1.807, 2.05) is 0 Å². The highest BCUT2D eigenvalue weighted by atomic mass is 32.2. The molecular formula is C18H19NO6S2. The van der Waals surface area contributed by atoms with E-state index in [1.165, 1.54) is 50.4 Å². The largest absolute Gasteiger partial charge is 0.497 e. The van der Waals surface area contributed by atoms with Crippen LogP contribution in [0.1, 0.15) is 17.3 Å². The molecule has 0 spiro atoms. The summed E-state index contributed by atoms with van der Waals surface area (Å²) in [6, 6.07) is 11.7. The van der Waals surface area contributed by atoms with Crippen molar-refractivity contribution in [2.45, 2.75) is 22.0 Å². The number of carbonyl (C=O) groups excluding carboxylic acids is 1. The fourth-order valence-electron chi connectivity index (χ4n) is 2.78. The number of Topliss-reactive ketones (excluding diaryl/α,β-unsaturated/α-hetero) is 1. The van der Waals surface area contributed by atoms with E-state index in [1.54, 1.807) is 12.1 Å². The average Bonchev–Trinajstić information content (AvgIpc) is 2.60. The van der Waals surface area contributed by atoms with Crippen LogP contribution in [-0.4, -0.2) is 52.4 Å². The number of sulfonamides is 1. The summed E-state index contributed by atoms with van der Waals surface area (Å²) in [7, 11) is -6.00. The third-order valence-electron chi connectivity index (χ3n) is 4.52. The highest BCUT2D eigenvalue weighted by molar-refractivity contribution is 7.92. The highest BCUT2D eigenvalue weighted by Crippen LogP contribution is 2.29. The predicted octanol–water partition coefficient (Wildman–Crippen LogP) is 1.74. The number of sulfone groups is 1. The van der Waals surface area contributed by atoms with Crippen LogP contribution in [-0.2, 0) is 19.9 Å². The van der Waals surface area contributed by atoms with Crippen molar-refractivity contribution in [3.8, 4) is 5.75 Å². The van der Waals surface area contributed by atoms with Crippen LogP contribution in [0.25, 0.3) is 0 Å². The first-order valence-electron chi connectivity index (χ1n) is 8.15. The number of nitrogens with zero attached hydrogens (tertiary/aromatic N) is 1. The van der Waals surface area contributed by atoms with Crippen LogP contribution >= 0.6 is 0 Å². The minimum Gasteiger partial charge on any atom is -0.497 e. The number of hydrogen-bond acceptors (Lipinski definition) is 6. The van der Waals surface area contributed by atoms with Gasteiger partial charge in [-0.25, -0.2) is 16.8 Å². The van der Waals surface area contributed by atoms with E-state index in [0.29, 0.717) is 11.3 Å². The van der Waals surface area contributed by atoms with Gasteiger partial charge in [-0.05, 0) is 43.3 Å². The molecule has 0 saturated carbocycles. The molecule has 1 heterocycles. The van der Waals surface area contributed by atoms with Crippen molar-refractivity contribution in [3.05, 3.63) is 54.1 Å². The van der Waals surface area contributed by atoms with Gasteiger partial charge in [0.2, 0.25) is 10.0 Å². The first kappa shape index (κ1) is 19.5. The Kier molecular flexibility index (Phi) is 5.11. The Morgan fingerprint density at radius 1 is 1.00 bits per heavy atom. The topological polar surface area (TPSA) is 97.8 Å². The van der Waals surface area contributed by atoms with Gasteiger partial charge >= 0.3 is 0 Å². The van der Waals surface area contributed by atoms with E-state index in [9.17, 15) is 21.6 Å². The van der Waals surface area contributed by atoms with Crippen molar-refractivity contribution in [1.82, 2.24) is 4.31 Å². The lowest BCUT2D eigenvalue weighted by Crippen LogP contribution is -2.56. The fourth-order valence-corrected chi connectivity index (χ4v) is 6.19. The van der Waals surface area contributed by atoms with E-state index in [2.05, 4.69) is 0 Å². The van der Waals surface area contributed by atoms with Gasteiger partial charge in [0, 0.05) is 18.7 Å². The van der Waals surface area contributed by atoms with Gasteiger partial charge in [-0.15, -0.1) is 0 Å². The molecule has 0 amide bonds. The summed E-state index contributed by atoms with van der Waals surface area (Å²) in [6.07, 6.45) is 0. The molecule has 1 saturated heterocycles. The van der Waals surface area contributed by atoms with E-state index < -0.39 is 25.1 Å². The lowest BCUT2D eigenvalue weighted by atomic mass is 10.2. The van der Waals surface area contributed by atoms with Crippen molar-refractivity contribution >= 4 is 25.6 Å². The van der Waals surface area contributed by atoms with E-state index in [0.717, 1.165) is 4.31 Å². The molecule has 1 fully saturated rings. The Morgan fingerprint density at radius 2 is 1.63 bits per heavy atom. The van der Waals surface area contributed by atoms with Crippen LogP contribution in [0.4, 0.5) is 0 Å². The zero-order valence-corrected chi connectivity index (χ0v) is 16.5. The zero-order valence-electron chi connectivity index (χ0n) is 14.8. The van der Waals surface area contributed by atoms with Crippen molar-refractivity contribution in [3.63, 3.8) is 0 Å². The highest BCUT2D eigenvalue weighted by Gasteiger charge is 2.44. The molecule has 0 radical (unpaired) electrons. The number of ether oxygens (including phenoxy) is 1. The Labute approximate surface area is 158 Å². The molecule has 0 aromatic heterocycles. The van der Waals surface area contributed by atoms with Gasteiger partial charge in [0.15, 0.2) is 15.6 Å². The maximum absolute atomic E-state index is 12.7. The molecule has 0 atom stereocenters. The molecule has 0 bridgehead atoms. The molecule has 2 aromatic carbocycles. The standard InChI is InChI=1S/C18H19NO6S2/c1-13(20)14-4-3-5-17(10-14)27(23,24)19-11-18(12-19)26(21,22)16-8-6-15(25-2)7-9-16/h3-10,18H,11-12H2,1-2H3. The Bertz CT molecular complexity index is 1070. The summed E-state index contributed by atoms with van der Waals surface area (Å²) in [4.78, 5) is 11.6. The van der Waals surface area contributed by atoms with Crippen molar-refractivity contribution in [2.24, 2.45) is 0 Å². The third-order valence-corrected chi connectivity index (χ3v) is 8.45. The van der Waals surface area contributed by atoms with Gasteiger partial charge in [0.05, 0.1) is 22.2 Å². The first-order valence-corrected chi connectivity index (χ1v) is 11.1. The Morgan fingerprint density at radius 3 is 2.19 bits per heavy atom. The SMILES string of the molecule is COc1ccc(S(=O)(=O)C2CN(S(=O)(=O)c3cccc(C(C)=O)c3)C2)cc1. The molecule has 2 aromatic rings. The van der Waals surface area contributed by atoms with Crippen LogP contribution in [0.2, 0.25) is 0 Å². The van der Waals surface area contributed by atoms with Gasteiger partial charge in [0.25, 0.3) is 0 Å². The third kappa shape index (κ3) is 3.62. The van der Waals surface area contributed by atoms with E-state index >= 15 is 0 Å². The quantitative estimate of drug-likeness (QED) is 0.674. The molecule has 27 heavy (non-hydrogen) atoms. The van der Waals surface area contributed by atoms with Crippen LogP contribution in [0.15, 0.2) is 58.3 Å². The minimum atomic E-state index is -3.85. The van der Waals surface area contributed by atoms with Crippen LogP contribution in [0.3, 0.4) is 0 Å². The van der Waals surface area contributed by atoms with Crippen LogP contribution in [0, 0.1) is 0 Å². The summed E-state index contributed by atoms with van der Waals surface area (Å²) in [5, 5.41) is -0.809. The molecule has 7 nitrogen and oxygen atoms in total. The van der Waals surface area contributed by atoms with Gasteiger partial charge in [-0.2, -0.15) is 4.31 Å². The Hall–Kier alpha value is -2.23. The normalized spacial score (nSPS) is 15.9. The molecule has 0 unspecified atom stereocenters. The van der Waals surface area contributed by atoms with Gasteiger partial charge in [0.1, 0.15) is 5.75 Å². The average molecular weight is 409 g/mol. The summed E-state index contributed by atoms with van der Waals surface area (Å²) >= 11 is 0. The fraction of sp³-hybridized carbons (Fsp3) is 0.278. The number of methoxy groups -OCH3 is 1. The molecule has 144 valence electrons. The number of hydrogen-bond donors (Lipinski definition) is 0. The smallest absolute Gasteiger partial charge is 0.243 e. The lowest BCUT2D eigenvalue weighted by Gasteiger charge is -2.37. The monoisotopic (exact) mass is 409 g/mol. The van der Waals surface area contributed by atoms with Gasteiger partial charge < -0.3 is 4.74 Å².